The zero-order valence-electron chi connectivity index (χ0n) is 16.1. The van der Waals surface area contributed by atoms with Crippen molar-refractivity contribution in [3.63, 3.8) is 0 Å². The predicted octanol–water partition coefficient (Wildman–Crippen LogP) is 3.83. The van der Waals surface area contributed by atoms with E-state index in [4.69, 9.17) is 14.7 Å². The Hall–Kier alpha value is -2.98. The first-order valence-corrected chi connectivity index (χ1v) is 9.85. The third-order valence-electron chi connectivity index (χ3n) is 4.05. The maximum Gasteiger partial charge on any atom is 0.342 e. The van der Waals surface area contributed by atoms with Crippen molar-refractivity contribution in [3.05, 3.63) is 53.6 Å². The second-order valence-electron chi connectivity index (χ2n) is 5.93. The highest BCUT2D eigenvalue weighted by Gasteiger charge is 2.20. The molecule has 146 valence electrons. The lowest BCUT2D eigenvalue weighted by molar-refractivity contribution is -0.121. The van der Waals surface area contributed by atoms with Crippen LogP contribution >= 0.6 is 11.8 Å². The van der Waals surface area contributed by atoms with Crippen LogP contribution < -0.4 is 9.64 Å². The molecule has 2 rings (SSSR count). The van der Waals surface area contributed by atoms with Gasteiger partial charge in [-0.2, -0.15) is 5.26 Å². The number of esters is 1. The minimum absolute atomic E-state index is 0.178. The zero-order valence-corrected chi connectivity index (χ0v) is 16.9. The molecule has 0 atom stereocenters. The third kappa shape index (κ3) is 5.51. The van der Waals surface area contributed by atoms with E-state index < -0.39 is 18.5 Å². The second kappa shape index (κ2) is 10.4. The molecule has 0 N–H and O–H groups in total. The molecule has 0 aromatic heterocycles. The largest absolute Gasteiger partial charge is 0.496 e. The molecule has 0 aliphatic carbocycles. The summed E-state index contributed by atoms with van der Waals surface area (Å²) in [7, 11) is 1.47. The normalized spacial score (nSPS) is 10.1. The summed E-state index contributed by atoms with van der Waals surface area (Å²) in [6, 6.07) is 14.5. The fourth-order valence-electron chi connectivity index (χ4n) is 2.53. The number of carbonyl (C=O) groups excluding carboxylic acids is 2. The number of nitrogens with zero attached hydrogens (tertiary/aromatic N) is 2. The van der Waals surface area contributed by atoms with Crippen LogP contribution in [0.4, 0.5) is 5.69 Å². The van der Waals surface area contributed by atoms with Crippen LogP contribution in [0.2, 0.25) is 0 Å². The Balaban J connectivity index is 2.10. The topological polar surface area (TPSA) is 79.6 Å². The van der Waals surface area contributed by atoms with Crippen LogP contribution in [0, 0.1) is 18.3 Å². The molecule has 2 aromatic rings. The van der Waals surface area contributed by atoms with Crippen molar-refractivity contribution in [1.29, 1.82) is 5.26 Å². The first-order valence-electron chi connectivity index (χ1n) is 8.63. The molecule has 0 saturated heterocycles. The van der Waals surface area contributed by atoms with Crippen molar-refractivity contribution in [2.24, 2.45) is 0 Å². The average Bonchev–Trinajstić information content (AvgIpc) is 2.72. The van der Waals surface area contributed by atoms with E-state index in [-0.39, 0.29) is 18.5 Å². The molecule has 0 aliphatic heterocycles. The first kappa shape index (κ1) is 21.3. The van der Waals surface area contributed by atoms with Crippen LogP contribution in [0.25, 0.3) is 0 Å². The van der Waals surface area contributed by atoms with Crippen molar-refractivity contribution in [1.82, 2.24) is 0 Å². The standard InChI is InChI=1S/C21H22N2O4S/c1-15-5-7-16(8-6-15)23(12-4-11-22)20(24)14-27-21(25)18-10-9-17(28-3)13-19(18)26-2/h5-10,13H,4,12,14H2,1-3H3. The molecule has 0 bridgehead atoms. The summed E-state index contributed by atoms with van der Waals surface area (Å²) in [4.78, 5) is 27.4. The third-order valence-corrected chi connectivity index (χ3v) is 4.77. The van der Waals surface area contributed by atoms with Crippen molar-refractivity contribution in [2.45, 2.75) is 18.2 Å². The number of nitriles is 1. The van der Waals surface area contributed by atoms with E-state index in [1.54, 1.807) is 30.3 Å². The summed E-state index contributed by atoms with van der Waals surface area (Å²) in [5, 5.41) is 8.87. The number of amides is 1. The molecule has 0 radical (unpaired) electrons. The van der Waals surface area contributed by atoms with Gasteiger partial charge in [0.1, 0.15) is 11.3 Å². The fourth-order valence-corrected chi connectivity index (χ4v) is 2.96. The van der Waals surface area contributed by atoms with Gasteiger partial charge in [-0.3, -0.25) is 4.79 Å². The van der Waals surface area contributed by atoms with E-state index in [1.807, 2.05) is 31.4 Å². The van der Waals surface area contributed by atoms with E-state index >= 15 is 0 Å². The van der Waals surface area contributed by atoms with Gasteiger partial charge in [-0.1, -0.05) is 17.7 Å². The van der Waals surface area contributed by atoms with Gasteiger partial charge in [-0.05, 0) is 43.5 Å². The van der Waals surface area contributed by atoms with Gasteiger partial charge < -0.3 is 14.4 Å². The van der Waals surface area contributed by atoms with Crippen molar-refractivity contribution in [2.75, 3.05) is 31.4 Å². The molecule has 28 heavy (non-hydrogen) atoms. The van der Waals surface area contributed by atoms with E-state index in [0.29, 0.717) is 11.4 Å². The number of hydrogen-bond acceptors (Lipinski definition) is 6. The number of thioether (sulfide) groups is 1. The Kier molecular flexibility index (Phi) is 7.90. The quantitative estimate of drug-likeness (QED) is 0.497. The number of carbonyl (C=O) groups is 2. The van der Waals surface area contributed by atoms with Gasteiger partial charge in [-0.25, -0.2) is 4.79 Å². The molecule has 7 heteroatoms. The molecule has 1 amide bonds. The Morgan fingerprint density at radius 1 is 1.18 bits per heavy atom. The highest BCUT2D eigenvalue weighted by atomic mass is 32.2. The summed E-state index contributed by atoms with van der Waals surface area (Å²) < 4.78 is 10.5. The van der Waals surface area contributed by atoms with Gasteiger partial charge in [0.15, 0.2) is 6.61 Å². The Morgan fingerprint density at radius 2 is 1.89 bits per heavy atom. The SMILES string of the molecule is COc1cc(SC)ccc1C(=O)OCC(=O)N(CCC#N)c1ccc(C)cc1. The molecule has 0 fully saturated rings. The van der Waals surface area contributed by atoms with E-state index in [9.17, 15) is 9.59 Å². The van der Waals surface area contributed by atoms with Gasteiger partial charge >= 0.3 is 5.97 Å². The number of rotatable bonds is 8. The molecule has 0 heterocycles. The monoisotopic (exact) mass is 398 g/mol. The lowest BCUT2D eigenvalue weighted by Crippen LogP contribution is -2.35. The van der Waals surface area contributed by atoms with Crippen LogP contribution in [0.3, 0.4) is 0 Å². The number of methoxy groups -OCH3 is 1. The van der Waals surface area contributed by atoms with E-state index in [2.05, 4.69) is 0 Å². The molecule has 6 nitrogen and oxygen atoms in total. The van der Waals surface area contributed by atoms with Gasteiger partial charge in [0.05, 0.1) is 19.6 Å². The van der Waals surface area contributed by atoms with E-state index in [0.717, 1.165) is 10.5 Å². The zero-order chi connectivity index (χ0) is 20.5. The molecular formula is C21H22N2O4S. The number of ether oxygens (including phenoxy) is 2. The maximum atomic E-state index is 12.6. The lowest BCUT2D eigenvalue weighted by Gasteiger charge is -2.22. The Labute approximate surface area is 169 Å². The van der Waals surface area contributed by atoms with Crippen LogP contribution in [0.1, 0.15) is 22.3 Å². The summed E-state index contributed by atoms with van der Waals surface area (Å²) >= 11 is 1.53. The van der Waals surface area contributed by atoms with Crippen LogP contribution in [-0.4, -0.2) is 38.4 Å². The molecule has 2 aromatic carbocycles. The van der Waals surface area contributed by atoms with Crippen molar-refractivity contribution < 1.29 is 19.1 Å². The highest BCUT2D eigenvalue weighted by Crippen LogP contribution is 2.26. The number of anilines is 1. The number of aryl methyl sites for hydroxylation is 1. The maximum absolute atomic E-state index is 12.6. The molecule has 0 unspecified atom stereocenters. The number of benzene rings is 2. The van der Waals surface area contributed by atoms with Crippen LogP contribution in [-0.2, 0) is 9.53 Å². The Morgan fingerprint density at radius 3 is 2.50 bits per heavy atom. The molecule has 0 aliphatic rings. The Bertz CT molecular complexity index is 875. The summed E-state index contributed by atoms with van der Waals surface area (Å²) in [5.41, 5.74) is 1.97. The predicted molar refractivity (Wildman–Crippen MR) is 109 cm³/mol. The summed E-state index contributed by atoms with van der Waals surface area (Å²) in [6.07, 6.45) is 2.10. The van der Waals surface area contributed by atoms with E-state index in [1.165, 1.54) is 23.8 Å². The molecule has 0 saturated carbocycles. The van der Waals surface area contributed by atoms with Crippen molar-refractivity contribution in [3.8, 4) is 11.8 Å². The van der Waals surface area contributed by atoms with Crippen molar-refractivity contribution >= 4 is 29.3 Å². The van der Waals surface area contributed by atoms with Crippen LogP contribution in [0.5, 0.6) is 5.75 Å². The number of hydrogen-bond donors (Lipinski definition) is 0. The smallest absolute Gasteiger partial charge is 0.342 e. The fraction of sp³-hybridized carbons (Fsp3) is 0.286. The second-order valence-corrected chi connectivity index (χ2v) is 6.81. The summed E-state index contributed by atoms with van der Waals surface area (Å²) in [5.74, 6) is -0.640. The van der Waals surface area contributed by atoms with Crippen LogP contribution in [0.15, 0.2) is 47.4 Å². The molecular weight excluding hydrogens is 376 g/mol. The molecule has 0 spiro atoms. The van der Waals surface area contributed by atoms with Gasteiger partial charge in [-0.15, -0.1) is 11.8 Å². The minimum Gasteiger partial charge on any atom is -0.496 e. The average molecular weight is 398 g/mol. The van der Waals surface area contributed by atoms with Gasteiger partial charge in [0, 0.05) is 17.1 Å². The lowest BCUT2D eigenvalue weighted by atomic mass is 10.2. The summed E-state index contributed by atoms with van der Waals surface area (Å²) in [6.45, 7) is 1.75. The van der Waals surface area contributed by atoms with Gasteiger partial charge in [0.25, 0.3) is 5.91 Å². The minimum atomic E-state index is -0.637. The highest BCUT2D eigenvalue weighted by molar-refractivity contribution is 7.98. The van der Waals surface area contributed by atoms with Gasteiger partial charge in [0.2, 0.25) is 0 Å². The first-order chi connectivity index (χ1) is 13.5.